The van der Waals surface area contributed by atoms with Crippen molar-refractivity contribution in [3.63, 3.8) is 0 Å². The highest BCUT2D eigenvalue weighted by atomic mass is 16.2. The fraction of sp³-hybridized carbons (Fsp3) is 0.429. The van der Waals surface area contributed by atoms with E-state index in [9.17, 15) is 9.59 Å². The molecule has 3 N–H and O–H groups in total. The molecule has 19 heavy (non-hydrogen) atoms. The van der Waals surface area contributed by atoms with Crippen LogP contribution in [0, 0.1) is 0 Å². The third kappa shape index (κ3) is 4.06. The third-order valence-electron chi connectivity index (χ3n) is 2.87. The largest absolute Gasteiger partial charge is 0.351 e. The molecule has 0 atom stereocenters. The van der Waals surface area contributed by atoms with Gasteiger partial charge in [-0.25, -0.2) is 0 Å². The van der Waals surface area contributed by atoms with Crippen LogP contribution in [0.1, 0.15) is 34.6 Å². The van der Waals surface area contributed by atoms with Gasteiger partial charge in [-0.15, -0.1) is 0 Å². The van der Waals surface area contributed by atoms with Crippen molar-refractivity contribution in [2.24, 2.45) is 5.73 Å². The number of hydrogen-bond donors (Lipinski definition) is 2. The van der Waals surface area contributed by atoms with Crippen LogP contribution in [0.3, 0.4) is 0 Å². The number of nitrogens with one attached hydrogen (secondary N) is 1. The summed E-state index contributed by atoms with van der Waals surface area (Å²) in [6.07, 6.45) is 0. The molecule has 5 nitrogen and oxygen atoms in total. The molecule has 1 aromatic carbocycles. The van der Waals surface area contributed by atoms with Crippen LogP contribution in [0.2, 0.25) is 0 Å². The average molecular weight is 263 g/mol. The SMILES string of the molecule is CCN(CC)C(=O)c1ccc(C(=O)NCCN)cc1. The highest BCUT2D eigenvalue weighted by molar-refractivity contribution is 5.97. The Labute approximate surface area is 113 Å². The van der Waals surface area contributed by atoms with Crippen LogP contribution in [0.5, 0.6) is 0 Å². The molecule has 0 heterocycles. The predicted molar refractivity (Wildman–Crippen MR) is 75.1 cm³/mol. The Morgan fingerprint density at radius 3 is 2.11 bits per heavy atom. The number of rotatable bonds is 6. The summed E-state index contributed by atoms with van der Waals surface area (Å²) < 4.78 is 0. The topological polar surface area (TPSA) is 75.4 Å². The lowest BCUT2D eigenvalue weighted by Crippen LogP contribution is -2.31. The summed E-state index contributed by atoms with van der Waals surface area (Å²) in [6, 6.07) is 6.67. The van der Waals surface area contributed by atoms with Gasteiger partial charge in [0.05, 0.1) is 0 Å². The zero-order valence-corrected chi connectivity index (χ0v) is 11.5. The molecule has 2 amide bonds. The van der Waals surface area contributed by atoms with Gasteiger partial charge < -0.3 is 16.0 Å². The maximum atomic E-state index is 12.1. The van der Waals surface area contributed by atoms with E-state index in [1.54, 1.807) is 29.2 Å². The van der Waals surface area contributed by atoms with Crippen LogP contribution in [0.25, 0.3) is 0 Å². The van der Waals surface area contributed by atoms with E-state index < -0.39 is 0 Å². The maximum absolute atomic E-state index is 12.1. The highest BCUT2D eigenvalue weighted by Crippen LogP contribution is 2.08. The number of hydrogen-bond acceptors (Lipinski definition) is 3. The molecule has 1 rings (SSSR count). The van der Waals surface area contributed by atoms with Gasteiger partial charge in [-0.1, -0.05) is 0 Å². The van der Waals surface area contributed by atoms with E-state index in [-0.39, 0.29) is 11.8 Å². The van der Waals surface area contributed by atoms with Crippen LogP contribution in [-0.4, -0.2) is 42.9 Å². The van der Waals surface area contributed by atoms with E-state index in [4.69, 9.17) is 5.73 Å². The first kappa shape index (κ1) is 15.2. The second-order valence-corrected chi connectivity index (χ2v) is 4.10. The first-order chi connectivity index (χ1) is 9.13. The normalized spacial score (nSPS) is 10.1. The van der Waals surface area contributed by atoms with E-state index in [0.29, 0.717) is 37.3 Å². The van der Waals surface area contributed by atoms with E-state index in [0.717, 1.165) is 0 Å². The van der Waals surface area contributed by atoms with Crippen molar-refractivity contribution in [1.82, 2.24) is 10.2 Å². The number of nitrogens with two attached hydrogens (primary N) is 1. The Morgan fingerprint density at radius 2 is 1.63 bits per heavy atom. The molecule has 0 aliphatic heterocycles. The van der Waals surface area contributed by atoms with E-state index in [1.165, 1.54) is 0 Å². The van der Waals surface area contributed by atoms with Crippen LogP contribution >= 0.6 is 0 Å². The lowest BCUT2D eigenvalue weighted by Gasteiger charge is -2.18. The molecular formula is C14H21N3O2. The Morgan fingerprint density at radius 1 is 1.11 bits per heavy atom. The molecule has 0 radical (unpaired) electrons. The van der Waals surface area contributed by atoms with Gasteiger partial charge in [0.1, 0.15) is 0 Å². The Balaban J connectivity index is 2.76. The molecule has 0 aromatic heterocycles. The summed E-state index contributed by atoms with van der Waals surface area (Å²) in [7, 11) is 0. The second-order valence-electron chi connectivity index (χ2n) is 4.10. The van der Waals surface area contributed by atoms with Crippen LogP contribution < -0.4 is 11.1 Å². The molecule has 0 fully saturated rings. The summed E-state index contributed by atoms with van der Waals surface area (Å²) >= 11 is 0. The maximum Gasteiger partial charge on any atom is 0.253 e. The van der Waals surface area contributed by atoms with E-state index in [1.807, 2.05) is 13.8 Å². The minimum Gasteiger partial charge on any atom is -0.351 e. The van der Waals surface area contributed by atoms with Crippen LogP contribution in [0.15, 0.2) is 24.3 Å². The summed E-state index contributed by atoms with van der Waals surface area (Å²) in [5.41, 5.74) is 6.45. The van der Waals surface area contributed by atoms with Gasteiger partial charge in [0.2, 0.25) is 0 Å². The first-order valence-electron chi connectivity index (χ1n) is 6.51. The van der Waals surface area contributed by atoms with Crippen molar-refractivity contribution in [3.8, 4) is 0 Å². The van der Waals surface area contributed by atoms with Gasteiger partial charge in [-0.05, 0) is 38.1 Å². The van der Waals surface area contributed by atoms with Crippen LogP contribution in [0.4, 0.5) is 0 Å². The smallest absolute Gasteiger partial charge is 0.253 e. The minimum atomic E-state index is -0.174. The Kier molecular flexibility index (Phi) is 6.02. The number of nitrogens with zero attached hydrogens (tertiary/aromatic N) is 1. The molecule has 0 unspecified atom stereocenters. The quantitative estimate of drug-likeness (QED) is 0.799. The molecule has 0 bridgehead atoms. The van der Waals surface area contributed by atoms with Gasteiger partial charge in [0.25, 0.3) is 11.8 Å². The number of amides is 2. The second kappa shape index (κ2) is 7.53. The average Bonchev–Trinajstić information content (AvgIpc) is 2.46. The number of carbonyl (C=O) groups excluding carboxylic acids is 2. The summed E-state index contributed by atoms with van der Waals surface area (Å²) in [5, 5.41) is 2.68. The molecule has 104 valence electrons. The van der Waals surface area contributed by atoms with Gasteiger partial charge in [-0.3, -0.25) is 9.59 Å². The molecule has 0 spiro atoms. The fourth-order valence-corrected chi connectivity index (χ4v) is 1.75. The summed E-state index contributed by atoms with van der Waals surface area (Å²) in [6.45, 7) is 6.08. The van der Waals surface area contributed by atoms with E-state index >= 15 is 0 Å². The van der Waals surface area contributed by atoms with Crippen molar-refractivity contribution >= 4 is 11.8 Å². The lowest BCUT2D eigenvalue weighted by atomic mass is 10.1. The summed E-state index contributed by atoms with van der Waals surface area (Å²) in [4.78, 5) is 25.5. The third-order valence-corrected chi connectivity index (χ3v) is 2.87. The molecule has 0 saturated carbocycles. The Bertz CT molecular complexity index is 425. The zero-order chi connectivity index (χ0) is 14.3. The van der Waals surface area contributed by atoms with Crippen molar-refractivity contribution in [2.45, 2.75) is 13.8 Å². The molecule has 0 saturated heterocycles. The predicted octanol–water partition coefficient (Wildman–Crippen LogP) is 0.857. The zero-order valence-electron chi connectivity index (χ0n) is 11.5. The van der Waals surface area contributed by atoms with E-state index in [2.05, 4.69) is 5.32 Å². The molecular weight excluding hydrogens is 242 g/mol. The first-order valence-corrected chi connectivity index (χ1v) is 6.51. The lowest BCUT2D eigenvalue weighted by molar-refractivity contribution is 0.0772. The van der Waals surface area contributed by atoms with Crippen molar-refractivity contribution < 1.29 is 9.59 Å². The number of carbonyl (C=O) groups is 2. The molecule has 1 aromatic rings. The van der Waals surface area contributed by atoms with Gasteiger partial charge in [-0.2, -0.15) is 0 Å². The fourth-order valence-electron chi connectivity index (χ4n) is 1.75. The van der Waals surface area contributed by atoms with Crippen molar-refractivity contribution in [2.75, 3.05) is 26.2 Å². The van der Waals surface area contributed by atoms with Crippen molar-refractivity contribution in [1.29, 1.82) is 0 Å². The highest BCUT2D eigenvalue weighted by Gasteiger charge is 2.13. The van der Waals surface area contributed by atoms with Crippen LogP contribution in [-0.2, 0) is 0 Å². The van der Waals surface area contributed by atoms with Gasteiger partial charge >= 0.3 is 0 Å². The van der Waals surface area contributed by atoms with Crippen molar-refractivity contribution in [3.05, 3.63) is 35.4 Å². The number of benzene rings is 1. The van der Waals surface area contributed by atoms with Gasteiger partial charge in [0, 0.05) is 37.3 Å². The minimum absolute atomic E-state index is 0.0149. The molecule has 0 aliphatic rings. The van der Waals surface area contributed by atoms with Gasteiger partial charge in [0.15, 0.2) is 0 Å². The summed E-state index contributed by atoms with van der Waals surface area (Å²) in [5.74, 6) is -0.189. The Hall–Kier alpha value is -1.88. The molecule has 0 aliphatic carbocycles. The monoisotopic (exact) mass is 263 g/mol. The molecule has 5 heteroatoms. The standard InChI is InChI=1S/C14H21N3O2/c1-3-17(4-2)14(19)12-7-5-11(6-8-12)13(18)16-10-9-15/h5-8H,3-4,9-10,15H2,1-2H3,(H,16,18).